The standard InChI is InChI=1S/C24H24ClN7O/c1-26-23(33)18-15-32(20-5-3-2-4-17(18)20)22-8-9-28-24(30-22)29-16-6-7-21(19(25)14-16)31-12-10-27-11-13-31/h2-9,14-15,27H,10-13H2,1H3,(H,26,33)(H,28,29,30). The highest BCUT2D eigenvalue weighted by Gasteiger charge is 2.16. The number of piperazine rings is 1. The number of carbonyl (C=O) groups is 1. The molecule has 2 aromatic carbocycles. The second-order valence-corrected chi connectivity index (χ2v) is 8.18. The average Bonchev–Trinajstić information content (AvgIpc) is 3.24. The minimum Gasteiger partial charge on any atom is -0.368 e. The van der Waals surface area contributed by atoms with Crippen LogP contribution >= 0.6 is 11.6 Å². The van der Waals surface area contributed by atoms with Gasteiger partial charge < -0.3 is 25.4 Å². The van der Waals surface area contributed by atoms with Crippen molar-refractivity contribution in [1.29, 1.82) is 0 Å². The van der Waals surface area contributed by atoms with Crippen molar-refractivity contribution in [1.82, 2.24) is 25.2 Å². The van der Waals surface area contributed by atoms with Crippen molar-refractivity contribution in [3.05, 3.63) is 71.5 Å². The zero-order valence-corrected chi connectivity index (χ0v) is 18.9. The van der Waals surface area contributed by atoms with E-state index in [1.807, 2.05) is 53.1 Å². The highest BCUT2D eigenvalue weighted by molar-refractivity contribution is 6.33. The summed E-state index contributed by atoms with van der Waals surface area (Å²) in [6, 6.07) is 15.5. The van der Waals surface area contributed by atoms with E-state index in [-0.39, 0.29) is 5.91 Å². The summed E-state index contributed by atoms with van der Waals surface area (Å²) in [4.78, 5) is 23.7. The summed E-state index contributed by atoms with van der Waals surface area (Å²) in [6.07, 6.45) is 3.49. The number of benzene rings is 2. The molecular weight excluding hydrogens is 438 g/mol. The molecule has 1 aliphatic rings. The van der Waals surface area contributed by atoms with E-state index in [1.165, 1.54) is 0 Å². The molecule has 0 aliphatic carbocycles. The first-order chi connectivity index (χ1) is 16.1. The number of nitrogens with one attached hydrogen (secondary N) is 3. The van der Waals surface area contributed by atoms with E-state index in [2.05, 4.69) is 30.8 Å². The minimum atomic E-state index is -0.142. The van der Waals surface area contributed by atoms with Gasteiger partial charge in [0.2, 0.25) is 5.95 Å². The van der Waals surface area contributed by atoms with Crippen LogP contribution in [0.15, 0.2) is 60.9 Å². The molecule has 33 heavy (non-hydrogen) atoms. The Morgan fingerprint density at radius 1 is 1.12 bits per heavy atom. The number of carbonyl (C=O) groups excluding carboxylic acids is 1. The Morgan fingerprint density at radius 2 is 1.94 bits per heavy atom. The summed E-state index contributed by atoms with van der Waals surface area (Å²) >= 11 is 6.58. The molecule has 168 valence electrons. The summed E-state index contributed by atoms with van der Waals surface area (Å²) < 4.78 is 1.90. The average molecular weight is 462 g/mol. The fraction of sp³-hybridized carbons (Fsp3) is 0.208. The second-order valence-electron chi connectivity index (χ2n) is 7.78. The van der Waals surface area contributed by atoms with Crippen molar-refractivity contribution < 1.29 is 4.79 Å². The van der Waals surface area contributed by atoms with E-state index >= 15 is 0 Å². The third-order valence-electron chi connectivity index (χ3n) is 5.73. The first-order valence-electron chi connectivity index (χ1n) is 10.8. The lowest BCUT2D eigenvalue weighted by Gasteiger charge is -2.30. The maximum Gasteiger partial charge on any atom is 0.253 e. The first-order valence-corrected chi connectivity index (χ1v) is 11.2. The molecule has 3 N–H and O–H groups in total. The number of para-hydroxylation sites is 1. The van der Waals surface area contributed by atoms with Crippen LogP contribution in [0.25, 0.3) is 16.7 Å². The minimum absolute atomic E-state index is 0.142. The lowest BCUT2D eigenvalue weighted by atomic mass is 10.2. The largest absolute Gasteiger partial charge is 0.368 e. The van der Waals surface area contributed by atoms with E-state index in [0.717, 1.165) is 48.5 Å². The quantitative estimate of drug-likeness (QED) is 0.421. The SMILES string of the molecule is CNC(=O)c1cn(-c2ccnc(Nc3ccc(N4CCNCC4)c(Cl)c3)n2)c2ccccc12. The molecule has 1 amide bonds. The highest BCUT2D eigenvalue weighted by atomic mass is 35.5. The van der Waals surface area contributed by atoms with Crippen LogP contribution in [-0.2, 0) is 0 Å². The fourth-order valence-electron chi connectivity index (χ4n) is 4.10. The van der Waals surface area contributed by atoms with Crippen LogP contribution < -0.4 is 20.9 Å². The van der Waals surface area contributed by atoms with Crippen molar-refractivity contribution >= 4 is 45.7 Å². The van der Waals surface area contributed by atoms with Gasteiger partial charge in [0.15, 0.2) is 0 Å². The van der Waals surface area contributed by atoms with Crippen molar-refractivity contribution in [2.24, 2.45) is 0 Å². The third kappa shape index (κ3) is 4.22. The number of amides is 1. The second kappa shape index (κ2) is 9.09. The predicted molar refractivity (Wildman–Crippen MR) is 132 cm³/mol. The zero-order chi connectivity index (χ0) is 22.8. The maximum absolute atomic E-state index is 12.4. The fourth-order valence-corrected chi connectivity index (χ4v) is 4.40. The maximum atomic E-state index is 12.4. The Hall–Kier alpha value is -3.62. The number of fused-ring (bicyclic) bond motifs is 1. The normalized spacial score (nSPS) is 13.8. The number of nitrogens with zero attached hydrogens (tertiary/aromatic N) is 4. The Balaban J connectivity index is 1.44. The van der Waals surface area contributed by atoms with E-state index in [1.54, 1.807) is 19.4 Å². The van der Waals surface area contributed by atoms with Crippen LogP contribution in [0.4, 0.5) is 17.3 Å². The third-order valence-corrected chi connectivity index (χ3v) is 6.04. The molecule has 1 saturated heterocycles. The predicted octanol–water partition coefficient (Wildman–Crippen LogP) is 3.59. The summed E-state index contributed by atoms with van der Waals surface area (Å²) in [7, 11) is 1.62. The van der Waals surface area contributed by atoms with Gasteiger partial charge >= 0.3 is 0 Å². The van der Waals surface area contributed by atoms with Gasteiger partial charge in [-0.3, -0.25) is 4.79 Å². The molecule has 0 saturated carbocycles. The zero-order valence-electron chi connectivity index (χ0n) is 18.2. The Morgan fingerprint density at radius 3 is 2.73 bits per heavy atom. The van der Waals surface area contributed by atoms with Gasteiger partial charge in [0.25, 0.3) is 5.91 Å². The van der Waals surface area contributed by atoms with E-state index in [0.29, 0.717) is 22.4 Å². The molecule has 0 radical (unpaired) electrons. The molecule has 3 heterocycles. The summed E-state index contributed by atoms with van der Waals surface area (Å²) in [5.74, 6) is 0.955. The Kier molecular flexibility index (Phi) is 5.85. The molecule has 8 nitrogen and oxygen atoms in total. The number of anilines is 3. The molecule has 2 aromatic heterocycles. The monoisotopic (exact) mass is 461 g/mol. The van der Waals surface area contributed by atoms with Crippen molar-refractivity contribution in [3.8, 4) is 5.82 Å². The number of hydrogen-bond donors (Lipinski definition) is 3. The number of aromatic nitrogens is 3. The number of rotatable bonds is 5. The van der Waals surface area contributed by atoms with E-state index < -0.39 is 0 Å². The summed E-state index contributed by atoms with van der Waals surface area (Å²) in [5.41, 5.74) is 3.32. The van der Waals surface area contributed by atoms with Crippen LogP contribution in [0.3, 0.4) is 0 Å². The molecule has 0 bridgehead atoms. The van der Waals surface area contributed by atoms with Crippen LogP contribution in [0.5, 0.6) is 0 Å². The van der Waals surface area contributed by atoms with Gasteiger partial charge in [-0.25, -0.2) is 4.98 Å². The Bertz CT molecular complexity index is 1310. The van der Waals surface area contributed by atoms with Crippen molar-refractivity contribution in [2.45, 2.75) is 0 Å². The number of hydrogen-bond acceptors (Lipinski definition) is 6. The van der Waals surface area contributed by atoms with Crippen molar-refractivity contribution in [3.63, 3.8) is 0 Å². The topological polar surface area (TPSA) is 87.1 Å². The van der Waals surface area contributed by atoms with E-state index in [9.17, 15) is 4.79 Å². The molecule has 4 aromatic rings. The number of halogens is 1. The highest BCUT2D eigenvalue weighted by Crippen LogP contribution is 2.30. The molecule has 1 fully saturated rings. The van der Waals surface area contributed by atoms with E-state index in [4.69, 9.17) is 11.6 Å². The van der Waals surface area contributed by atoms with Crippen LogP contribution in [0, 0.1) is 0 Å². The molecule has 0 unspecified atom stereocenters. The molecule has 1 aliphatic heterocycles. The van der Waals surface area contributed by atoms with Crippen molar-refractivity contribution in [2.75, 3.05) is 43.4 Å². The smallest absolute Gasteiger partial charge is 0.253 e. The molecular formula is C24H24ClN7O. The van der Waals surface area contributed by atoms with Gasteiger partial charge in [0.05, 0.1) is 21.8 Å². The molecule has 0 spiro atoms. The first kappa shape index (κ1) is 21.2. The van der Waals surface area contributed by atoms with Gasteiger partial charge in [0, 0.05) is 56.7 Å². The van der Waals surface area contributed by atoms with Crippen LogP contribution in [0.1, 0.15) is 10.4 Å². The Labute approximate surface area is 196 Å². The van der Waals surface area contributed by atoms with Gasteiger partial charge in [-0.1, -0.05) is 29.8 Å². The summed E-state index contributed by atoms with van der Waals surface area (Å²) in [6.45, 7) is 3.76. The van der Waals surface area contributed by atoms with Gasteiger partial charge in [-0.05, 0) is 30.3 Å². The van der Waals surface area contributed by atoms with Gasteiger partial charge in [-0.15, -0.1) is 0 Å². The molecule has 0 atom stereocenters. The van der Waals surface area contributed by atoms with Crippen LogP contribution in [-0.4, -0.2) is 53.7 Å². The van der Waals surface area contributed by atoms with Gasteiger partial charge in [0.1, 0.15) is 5.82 Å². The molecule has 9 heteroatoms. The molecule has 5 rings (SSSR count). The lowest BCUT2D eigenvalue weighted by Crippen LogP contribution is -2.43. The summed E-state index contributed by atoms with van der Waals surface area (Å²) in [5, 5.41) is 10.8. The lowest BCUT2D eigenvalue weighted by molar-refractivity contribution is 0.0964. The van der Waals surface area contributed by atoms with Crippen LogP contribution in [0.2, 0.25) is 5.02 Å². The van der Waals surface area contributed by atoms with Gasteiger partial charge in [-0.2, -0.15) is 4.98 Å².